The van der Waals surface area contributed by atoms with Crippen molar-refractivity contribution in [2.45, 2.75) is 25.8 Å². The Kier molecular flexibility index (Phi) is 5.95. The summed E-state index contributed by atoms with van der Waals surface area (Å²) in [5.74, 6) is 2.36. The largest absolute Gasteiger partial charge is 0.494 e. The molecule has 2 aliphatic rings. The number of benzene rings is 2. The molecular weight excluding hydrogens is 378 g/mol. The maximum Gasteiger partial charge on any atom is 0.231 e. The highest BCUT2D eigenvalue weighted by Gasteiger charge is 2.34. The molecule has 2 aliphatic heterocycles. The van der Waals surface area contributed by atoms with Crippen LogP contribution in [0.25, 0.3) is 0 Å². The van der Waals surface area contributed by atoms with Gasteiger partial charge < -0.3 is 19.3 Å². The first-order valence-electron chi connectivity index (χ1n) is 9.77. The van der Waals surface area contributed by atoms with Crippen LogP contribution in [0, 0.1) is 5.41 Å². The van der Waals surface area contributed by atoms with Crippen LogP contribution in [-0.2, 0) is 6.54 Å². The van der Waals surface area contributed by atoms with E-state index < -0.39 is 0 Å². The number of halogens is 1. The number of aliphatic hydroxyl groups excluding tert-OH is 1. The predicted molar refractivity (Wildman–Crippen MR) is 108 cm³/mol. The van der Waals surface area contributed by atoms with E-state index >= 15 is 0 Å². The van der Waals surface area contributed by atoms with Crippen LogP contribution in [0.15, 0.2) is 42.5 Å². The van der Waals surface area contributed by atoms with Crippen molar-refractivity contribution in [2.24, 2.45) is 5.41 Å². The first-order valence-corrected chi connectivity index (χ1v) is 10.1. The fraction of sp³-hybridized carbons (Fsp3) is 0.455. The molecule has 1 saturated heterocycles. The minimum Gasteiger partial charge on any atom is -0.494 e. The molecule has 0 aliphatic carbocycles. The molecule has 1 N–H and O–H groups in total. The van der Waals surface area contributed by atoms with Gasteiger partial charge in [0.1, 0.15) is 5.75 Å². The number of ether oxygens (including phenoxy) is 3. The summed E-state index contributed by atoms with van der Waals surface area (Å²) in [5.41, 5.74) is 0.985. The van der Waals surface area contributed by atoms with Gasteiger partial charge in [-0.05, 0) is 61.5 Å². The van der Waals surface area contributed by atoms with E-state index in [2.05, 4.69) is 4.90 Å². The molecule has 2 aromatic rings. The summed E-state index contributed by atoms with van der Waals surface area (Å²) in [4.78, 5) is 2.38. The lowest BCUT2D eigenvalue weighted by atomic mass is 9.76. The maximum atomic E-state index is 10.0. The Hall–Kier alpha value is -1.95. The summed E-state index contributed by atoms with van der Waals surface area (Å²) >= 11 is 6.42. The summed E-state index contributed by atoms with van der Waals surface area (Å²) in [6.45, 7) is 3.70. The number of nitrogens with zero attached hydrogens (tertiary/aromatic N) is 1. The molecule has 0 amide bonds. The Balaban J connectivity index is 1.30. The van der Waals surface area contributed by atoms with Gasteiger partial charge in [0.05, 0.1) is 6.61 Å². The number of aliphatic hydroxyl groups is 1. The Morgan fingerprint density at radius 3 is 2.50 bits per heavy atom. The number of hydrogen-bond acceptors (Lipinski definition) is 5. The molecule has 0 unspecified atom stereocenters. The van der Waals surface area contributed by atoms with E-state index in [9.17, 15) is 5.11 Å². The monoisotopic (exact) mass is 403 g/mol. The van der Waals surface area contributed by atoms with Crippen molar-refractivity contribution in [3.8, 4) is 17.2 Å². The van der Waals surface area contributed by atoms with E-state index in [-0.39, 0.29) is 18.8 Å². The first kappa shape index (κ1) is 19.4. The zero-order valence-corrected chi connectivity index (χ0v) is 16.7. The van der Waals surface area contributed by atoms with Gasteiger partial charge in [-0.2, -0.15) is 0 Å². The fourth-order valence-electron chi connectivity index (χ4n) is 3.90. The van der Waals surface area contributed by atoms with Crippen molar-refractivity contribution in [1.29, 1.82) is 0 Å². The lowest BCUT2D eigenvalue weighted by Crippen LogP contribution is -2.42. The SMILES string of the molecule is OCC1(CCOc2ccccc2)CCN(Cc2cc3c(cc2Cl)OCO3)CC1. The minimum atomic E-state index is -0.0655. The average molecular weight is 404 g/mol. The van der Waals surface area contributed by atoms with Gasteiger partial charge in [-0.25, -0.2) is 0 Å². The first-order chi connectivity index (χ1) is 13.7. The second-order valence-electron chi connectivity index (χ2n) is 7.64. The molecule has 2 aromatic carbocycles. The maximum absolute atomic E-state index is 10.0. The standard InChI is InChI=1S/C22H26ClNO4/c23-19-13-21-20(27-16-28-21)12-17(19)14-24-9-6-22(15-25,7-10-24)8-11-26-18-4-2-1-3-5-18/h1-5,12-13,25H,6-11,14-16H2. The van der Waals surface area contributed by atoms with Crippen LogP contribution in [0.2, 0.25) is 5.02 Å². The number of hydrogen-bond donors (Lipinski definition) is 1. The summed E-state index contributed by atoms with van der Waals surface area (Å²) in [7, 11) is 0. The van der Waals surface area contributed by atoms with Crippen LogP contribution in [-0.4, -0.2) is 43.1 Å². The second-order valence-corrected chi connectivity index (χ2v) is 8.05. The van der Waals surface area contributed by atoms with Crippen molar-refractivity contribution in [2.75, 3.05) is 33.1 Å². The molecule has 0 radical (unpaired) electrons. The minimum absolute atomic E-state index is 0.0655. The Morgan fingerprint density at radius 1 is 1.07 bits per heavy atom. The highest BCUT2D eigenvalue weighted by molar-refractivity contribution is 6.31. The average Bonchev–Trinajstić information content (AvgIpc) is 3.17. The zero-order chi connectivity index (χ0) is 19.4. The van der Waals surface area contributed by atoms with Gasteiger partial charge in [-0.15, -0.1) is 0 Å². The zero-order valence-electron chi connectivity index (χ0n) is 15.9. The van der Waals surface area contributed by atoms with Crippen LogP contribution in [0.1, 0.15) is 24.8 Å². The van der Waals surface area contributed by atoms with Crippen LogP contribution in [0.4, 0.5) is 0 Å². The molecule has 28 heavy (non-hydrogen) atoms. The molecule has 1 fully saturated rings. The van der Waals surface area contributed by atoms with Gasteiger partial charge in [0.15, 0.2) is 11.5 Å². The smallest absolute Gasteiger partial charge is 0.231 e. The van der Waals surface area contributed by atoms with Gasteiger partial charge in [0.25, 0.3) is 0 Å². The van der Waals surface area contributed by atoms with E-state index in [1.165, 1.54) is 0 Å². The van der Waals surface area contributed by atoms with Crippen molar-refractivity contribution in [3.05, 3.63) is 53.1 Å². The third-order valence-corrected chi connectivity index (χ3v) is 6.18. The number of para-hydroxylation sites is 1. The van der Waals surface area contributed by atoms with Crippen molar-refractivity contribution in [1.82, 2.24) is 4.90 Å². The molecule has 2 heterocycles. The van der Waals surface area contributed by atoms with E-state index in [4.69, 9.17) is 25.8 Å². The number of fused-ring (bicyclic) bond motifs is 1. The lowest BCUT2D eigenvalue weighted by molar-refractivity contribution is 0.0243. The number of piperidine rings is 1. The molecule has 0 spiro atoms. The molecule has 6 heteroatoms. The normalized spacial score (nSPS) is 18.2. The van der Waals surface area contributed by atoms with Gasteiger partial charge in [0, 0.05) is 24.2 Å². The molecule has 0 atom stereocenters. The Morgan fingerprint density at radius 2 is 1.79 bits per heavy atom. The molecule has 5 nitrogen and oxygen atoms in total. The van der Waals surface area contributed by atoms with Gasteiger partial charge >= 0.3 is 0 Å². The van der Waals surface area contributed by atoms with Crippen LogP contribution < -0.4 is 14.2 Å². The number of rotatable bonds is 7. The Labute approximate surface area is 170 Å². The molecule has 150 valence electrons. The van der Waals surface area contributed by atoms with Crippen molar-refractivity contribution < 1.29 is 19.3 Å². The molecule has 0 bridgehead atoms. The number of likely N-dealkylation sites (tertiary alicyclic amines) is 1. The van der Waals surface area contributed by atoms with E-state index in [0.717, 1.165) is 56.0 Å². The van der Waals surface area contributed by atoms with E-state index in [0.29, 0.717) is 17.4 Å². The summed E-state index contributed by atoms with van der Waals surface area (Å²) in [5, 5.41) is 10.7. The van der Waals surface area contributed by atoms with Crippen LogP contribution >= 0.6 is 11.6 Å². The van der Waals surface area contributed by atoms with Crippen molar-refractivity contribution in [3.63, 3.8) is 0 Å². The van der Waals surface area contributed by atoms with Gasteiger partial charge in [0.2, 0.25) is 6.79 Å². The van der Waals surface area contributed by atoms with E-state index in [1.807, 2.05) is 42.5 Å². The third-order valence-electron chi connectivity index (χ3n) is 5.83. The topological polar surface area (TPSA) is 51.2 Å². The molecule has 0 aromatic heterocycles. The molecular formula is C22H26ClNO4. The van der Waals surface area contributed by atoms with Crippen molar-refractivity contribution >= 4 is 11.6 Å². The van der Waals surface area contributed by atoms with Gasteiger partial charge in [-0.1, -0.05) is 29.8 Å². The quantitative estimate of drug-likeness (QED) is 0.753. The predicted octanol–water partition coefficient (Wildman–Crippen LogP) is 4.11. The van der Waals surface area contributed by atoms with E-state index in [1.54, 1.807) is 0 Å². The van der Waals surface area contributed by atoms with Crippen LogP contribution in [0.3, 0.4) is 0 Å². The summed E-state index contributed by atoms with van der Waals surface area (Å²) in [6.07, 6.45) is 2.75. The second kappa shape index (κ2) is 8.60. The lowest BCUT2D eigenvalue weighted by Gasteiger charge is -2.41. The highest BCUT2D eigenvalue weighted by Crippen LogP contribution is 2.39. The molecule has 0 saturated carbocycles. The summed E-state index contributed by atoms with van der Waals surface area (Å²) in [6, 6.07) is 13.7. The van der Waals surface area contributed by atoms with Crippen LogP contribution in [0.5, 0.6) is 17.2 Å². The molecule has 4 rings (SSSR count). The Bertz CT molecular complexity index is 791. The highest BCUT2D eigenvalue weighted by atomic mass is 35.5. The van der Waals surface area contributed by atoms with Gasteiger partial charge in [-0.3, -0.25) is 4.90 Å². The fourth-order valence-corrected chi connectivity index (χ4v) is 4.11. The summed E-state index contributed by atoms with van der Waals surface area (Å²) < 4.78 is 16.7. The third kappa shape index (κ3) is 4.37.